The van der Waals surface area contributed by atoms with Gasteiger partial charge in [-0.3, -0.25) is 4.72 Å². The van der Waals surface area contributed by atoms with Crippen LogP contribution in [0.1, 0.15) is 41.6 Å². The number of aromatic carboxylic acids is 1. The number of alkyl halides is 3. The van der Waals surface area contributed by atoms with E-state index in [1.165, 1.54) is 31.2 Å². The largest absolute Gasteiger partial charge is 0.490 e. The molecule has 0 amide bonds. The van der Waals surface area contributed by atoms with Gasteiger partial charge >= 0.3 is 18.1 Å². The van der Waals surface area contributed by atoms with E-state index in [-0.39, 0.29) is 16.1 Å². The molecule has 10 nitrogen and oxygen atoms in total. The molecule has 3 heterocycles. The van der Waals surface area contributed by atoms with Crippen LogP contribution in [0.5, 0.6) is 0 Å². The SMILES string of the molecule is Cc1c(Cl)cccc1S(=O)(=O)Nc1cnc(N2CCCC(CN3CCCC3)C2)c(C(=O)O)c1.O=C(O)C(F)(F)F. The van der Waals surface area contributed by atoms with E-state index in [1.54, 1.807) is 19.1 Å². The highest BCUT2D eigenvalue weighted by Gasteiger charge is 2.38. The summed E-state index contributed by atoms with van der Waals surface area (Å²) in [7, 11) is -3.96. The summed E-state index contributed by atoms with van der Waals surface area (Å²) in [6, 6.07) is 5.97. The van der Waals surface area contributed by atoms with Crippen molar-refractivity contribution in [1.82, 2.24) is 9.88 Å². The molecule has 0 saturated carbocycles. The molecule has 0 radical (unpaired) electrons. The fraction of sp³-hybridized carbons (Fsp3) is 0.480. The second-order valence-corrected chi connectivity index (χ2v) is 11.7. The number of halogens is 4. The van der Waals surface area contributed by atoms with Crippen LogP contribution in [-0.4, -0.2) is 79.4 Å². The van der Waals surface area contributed by atoms with E-state index in [0.29, 0.717) is 22.3 Å². The lowest BCUT2D eigenvalue weighted by molar-refractivity contribution is -0.192. The Labute approximate surface area is 234 Å². The van der Waals surface area contributed by atoms with Crippen LogP contribution in [0.4, 0.5) is 24.7 Å². The number of carboxylic acids is 2. The molecule has 0 spiro atoms. The van der Waals surface area contributed by atoms with Crippen molar-refractivity contribution in [3.05, 3.63) is 46.6 Å². The van der Waals surface area contributed by atoms with Crippen LogP contribution in [-0.2, 0) is 14.8 Å². The smallest absolute Gasteiger partial charge is 0.478 e. The van der Waals surface area contributed by atoms with E-state index in [4.69, 9.17) is 21.5 Å². The van der Waals surface area contributed by atoms with Crippen molar-refractivity contribution in [2.75, 3.05) is 42.3 Å². The first-order valence-corrected chi connectivity index (χ1v) is 14.3. The number of benzene rings is 1. The quantitative estimate of drug-likeness (QED) is 0.416. The predicted molar refractivity (Wildman–Crippen MR) is 142 cm³/mol. The molecule has 0 aliphatic carbocycles. The van der Waals surface area contributed by atoms with Crippen molar-refractivity contribution < 1.29 is 41.4 Å². The monoisotopic (exact) mass is 606 g/mol. The summed E-state index contributed by atoms with van der Waals surface area (Å²) in [6.45, 7) is 6.39. The molecule has 2 saturated heterocycles. The van der Waals surface area contributed by atoms with Gasteiger partial charge in [-0.2, -0.15) is 13.2 Å². The lowest BCUT2D eigenvalue weighted by Crippen LogP contribution is -2.41. The standard InChI is InChI=1S/C23H29ClN4O4S.C2HF3O2/c1-16-20(24)7-4-8-21(16)33(31,32)26-18-12-19(23(29)30)22(25-13-18)28-11-5-6-17(15-28)14-27-9-2-3-10-27;3-2(4,5)1(6)7/h4,7-8,12-13,17,26H,2-3,5-6,9-11,14-15H2,1H3,(H,29,30);(H,6,7). The van der Waals surface area contributed by atoms with Crippen LogP contribution in [0.15, 0.2) is 35.4 Å². The highest BCUT2D eigenvalue weighted by molar-refractivity contribution is 7.92. The zero-order valence-corrected chi connectivity index (χ0v) is 23.2. The number of likely N-dealkylation sites (tertiary alicyclic amines) is 1. The number of carbonyl (C=O) groups is 2. The van der Waals surface area contributed by atoms with Gasteiger partial charge in [-0.1, -0.05) is 17.7 Å². The maximum absolute atomic E-state index is 12.9. The predicted octanol–water partition coefficient (Wildman–Crippen LogP) is 4.49. The minimum absolute atomic E-state index is 0.0140. The molecule has 3 N–H and O–H groups in total. The Bertz CT molecular complexity index is 1340. The first-order chi connectivity index (χ1) is 18.7. The highest BCUT2D eigenvalue weighted by atomic mass is 35.5. The van der Waals surface area contributed by atoms with Crippen LogP contribution in [0, 0.1) is 12.8 Å². The number of rotatable bonds is 7. The summed E-state index contributed by atoms with van der Waals surface area (Å²) in [5.74, 6) is -3.05. The van der Waals surface area contributed by atoms with Crippen LogP contribution in [0.2, 0.25) is 5.02 Å². The van der Waals surface area contributed by atoms with Gasteiger partial charge in [-0.05, 0) is 75.4 Å². The van der Waals surface area contributed by atoms with E-state index in [9.17, 15) is 31.5 Å². The summed E-state index contributed by atoms with van der Waals surface area (Å²) in [6.07, 6.45) is 0.873. The van der Waals surface area contributed by atoms with Crippen molar-refractivity contribution in [2.24, 2.45) is 5.92 Å². The number of hydrogen-bond donors (Lipinski definition) is 3. The Hall–Kier alpha value is -3.10. The van der Waals surface area contributed by atoms with Gasteiger partial charge in [0.15, 0.2) is 0 Å². The summed E-state index contributed by atoms with van der Waals surface area (Å²) < 4.78 is 60.0. The average Bonchev–Trinajstić information content (AvgIpc) is 3.38. The Kier molecular flexibility index (Phi) is 10.2. The summed E-state index contributed by atoms with van der Waals surface area (Å²) >= 11 is 6.07. The summed E-state index contributed by atoms with van der Waals surface area (Å²) in [5.41, 5.74) is 0.507. The second-order valence-electron chi connectivity index (χ2n) is 9.63. The van der Waals surface area contributed by atoms with Crippen molar-refractivity contribution in [3.63, 3.8) is 0 Å². The Morgan fingerprint density at radius 1 is 1.15 bits per heavy atom. The van der Waals surface area contributed by atoms with E-state index < -0.39 is 28.1 Å². The fourth-order valence-electron chi connectivity index (χ4n) is 4.75. The molecule has 4 rings (SSSR count). The number of carboxylic acid groups (broad SMARTS) is 2. The van der Waals surface area contributed by atoms with Gasteiger partial charge in [0.1, 0.15) is 11.4 Å². The van der Waals surface area contributed by atoms with Crippen molar-refractivity contribution in [1.29, 1.82) is 0 Å². The molecule has 1 aromatic heterocycles. The number of hydrogen-bond acceptors (Lipinski definition) is 7. The average molecular weight is 607 g/mol. The maximum atomic E-state index is 12.9. The maximum Gasteiger partial charge on any atom is 0.490 e. The van der Waals surface area contributed by atoms with Crippen LogP contribution in [0.3, 0.4) is 0 Å². The normalized spacial score (nSPS) is 18.1. The molecule has 2 aliphatic rings. The van der Waals surface area contributed by atoms with Gasteiger partial charge in [-0.15, -0.1) is 0 Å². The van der Waals surface area contributed by atoms with E-state index in [2.05, 4.69) is 14.6 Å². The molecule has 2 aromatic rings. The number of pyridine rings is 1. The topological polar surface area (TPSA) is 140 Å². The molecular weight excluding hydrogens is 577 g/mol. The fourth-order valence-corrected chi connectivity index (χ4v) is 6.28. The Balaban J connectivity index is 0.000000559. The van der Waals surface area contributed by atoms with Crippen molar-refractivity contribution in [3.8, 4) is 0 Å². The minimum atomic E-state index is -5.08. The molecular formula is C25H30ClF3N4O6S. The molecule has 1 aromatic carbocycles. The van der Waals surface area contributed by atoms with Gasteiger partial charge in [0.05, 0.1) is 16.8 Å². The highest BCUT2D eigenvalue weighted by Crippen LogP contribution is 2.29. The second kappa shape index (κ2) is 13.0. The van der Waals surface area contributed by atoms with E-state index in [0.717, 1.165) is 45.6 Å². The first-order valence-electron chi connectivity index (χ1n) is 12.5. The number of aliphatic carboxylic acids is 1. The molecule has 1 unspecified atom stereocenters. The summed E-state index contributed by atoms with van der Waals surface area (Å²) in [5, 5.41) is 17.3. The van der Waals surface area contributed by atoms with Gasteiger partial charge in [0, 0.05) is 24.7 Å². The van der Waals surface area contributed by atoms with Gasteiger partial charge in [-0.25, -0.2) is 23.0 Å². The van der Waals surface area contributed by atoms with Crippen LogP contribution in [0.25, 0.3) is 0 Å². The van der Waals surface area contributed by atoms with Crippen molar-refractivity contribution >= 4 is 45.1 Å². The molecule has 2 fully saturated rings. The zero-order chi connectivity index (χ0) is 29.7. The van der Waals surface area contributed by atoms with E-state index >= 15 is 0 Å². The number of piperidine rings is 1. The number of anilines is 2. The number of nitrogens with one attached hydrogen (secondary N) is 1. The molecule has 0 bridgehead atoms. The number of aromatic nitrogens is 1. The minimum Gasteiger partial charge on any atom is -0.478 e. The Morgan fingerprint density at radius 3 is 2.40 bits per heavy atom. The molecule has 15 heteroatoms. The Morgan fingerprint density at radius 2 is 1.80 bits per heavy atom. The molecule has 220 valence electrons. The van der Waals surface area contributed by atoms with Gasteiger partial charge < -0.3 is 20.0 Å². The van der Waals surface area contributed by atoms with Gasteiger partial charge in [0.25, 0.3) is 10.0 Å². The molecule has 2 aliphatic heterocycles. The first kappa shape index (κ1) is 31.4. The van der Waals surface area contributed by atoms with Crippen LogP contribution >= 0.6 is 11.6 Å². The number of nitrogens with zero attached hydrogens (tertiary/aromatic N) is 3. The third-order valence-electron chi connectivity index (χ3n) is 6.63. The molecule has 1 atom stereocenters. The molecule has 40 heavy (non-hydrogen) atoms. The lowest BCUT2D eigenvalue weighted by Gasteiger charge is -2.36. The third kappa shape index (κ3) is 8.21. The zero-order valence-electron chi connectivity index (χ0n) is 21.6. The lowest BCUT2D eigenvalue weighted by atomic mass is 9.97. The van der Waals surface area contributed by atoms with Crippen LogP contribution < -0.4 is 9.62 Å². The van der Waals surface area contributed by atoms with Crippen molar-refractivity contribution in [2.45, 2.75) is 43.7 Å². The summed E-state index contributed by atoms with van der Waals surface area (Å²) in [4.78, 5) is 29.9. The number of sulfonamides is 1. The third-order valence-corrected chi connectivity index (χ3v) is 8.57. The van der Waals surface area contributed by atoms with Gasteiger partial charge in [0.2, 0.25) is 0 Å². The van der Waals surface area contributed by atoms with E-state index in [1.807, 2.05) is 4.90 Å².